The van der Waals surface area contributed by atoms with E-state index in [2.05, 4.69) is 16.0 Å². The monoisotopic (exact) mass is 410 g/mol. The summed E-state index contributed by atoms with van der Waals surface area (Å²) in [6, 6.07) is 7.36. The molecule has 9 heteroatoms. The number of carbonyl (C=O) groups excluding carboxylic acids is 3. The summed E-state index contributed by atoms with van der Waals surface area (Å²) < 4.78 is 20.7. The van der Waals surface area contributed by atoms with Crippen molar-refractivity contribution < 1.29 is 33.0 Å². The van der Waals surface area contributed by atoms with Gasteiger partial charge in [0.15, 0.2) is 11.5 Å². The highest BCUT2D eigenvalue weighted by atomic mass is 16.5. The van der Waals surface area contributed by atoms with Gasteiger partial charge in [-0.2, -0.15) is 0 Å². The number of para-hydroxylation sites is 1. The predicted molar refractivity (Wildman–Crippen MR) is 104 cm³/mol. The molecule has 0 spiro atoms. The Morgan fingerprint density at radius 1 is 1.27 bits per heavy atom. The summed E-state index contributed by atoms with van der Waals surface area (Å²) in [5.41, 5.74) is 0.541. The number of terminal acetylenes is 1. The van der Waals surface area contributed by atoms with Crippen LogP contribution in [0.1, 0.15) is 21.9 Å². The standard InChI is InChI=1S/C21H18N2O7/c1-4-10-29-18-13(6-5-7-16(18)27-2)11-15-19(24)23(21(26)22-15)12-14-8-9-17(30-14)20(25)28-3/h1,5-9,11H,10,12H2,2-3H3,(H,22,26). The van der Waals surface area contributed by atoms with E-state index in [1.165, 1.54) is 32.4 Å². The van der Waals surface area contributed by atoms with Crippen LogP contribution in [0.5, 0.6) is 11.5 Å². The molecular weight excluding hydrogens is 392 g/mol. The van der Waals surface area contributed by atoms with E-state index in [4.69, 9.17) is 20.3 Å². The molecule has 0 atom stereocenters. The van der Waals surface area contributed by atoms with Crippen LogP contribution in [0.15, 0.2) is 40.4 Å². The largest absolute Gasteiger partial charge is 0.493 e. The summed E-state index contributed by atoms with van der Waals surface area (Å²) in [6.07, 6.45) is 6.72. The normalized spacial score (nSPS) is 14.4. The first-order valence-electron chi connectivity index (χ1n) is 8.73. The number of esters is 1. The molecule has 30 heavy (non-hydrogen) atoms. The molecule has 9 nitrogen and oxygen atoms in total. The molecule has 2 aromatic rings. The van der Waals surface area contributed by atoms with Gasteiger partial charge in [0, 0.05) is 5.56 Å². The van der Waals surface area contributed by atoms with Crippen LogP contribution in [-0.4, -0.2) is 43.6 Å². The van der Waals surface area contributed by atoms with Gasteiger partial charge in [-0.1, -0.05) is 18.1 Å². The van der Waals surface area contributed by atoms with Crippen molar-refractivity contribution in [2.45, 2.75) is 6.54 Å². The van der Waals surface area contributed by atoms with Crippen molar-refractivity contribution in [2.75, 3.05) is 20.8 Å². The number of rotatable bonds is 7. The van der Waals surface area contributed by atoms with E-state index in [9.17, 15) is 14.4 Å². The Labute approximate surface area is 172 Å². The van der Waals surface area contributed by atoms with Crippen molar-refractivity contribution in [3.63, 3.8) is 0 Å². The summed E-state index contributed by atoms with van der Waals surface area (Å²) in [5, 5.41) is 2.51. The van der Waals surface area contributed by atoms with Gasteiger partial charge < -0.3 is 23.9 Å². The van der Waals surface area contributed by atoms with Gasteiger partial charge in [0.1, 0.15) is 18.1 Å². The smallest absolute Gasteiger partial charge is 0.373 e. The lowest BCUT2D eigenvalue weighted by Gasteiger charge is -2.12. The molecule has 1 aromatic carbocycles. The third kappa shape index (κ3) is 4.12. The van der Waals surface area contributed by atoms with Gasteiger partial charge in [-0.05, 0) is 24.3 Å². The molecule has 0 unspecified atom stereocenters. The van der Waals surface area contributed by atoms with Crippen molar-refractivity contribution in [2.24, 2.45) is 0 Å². The van der Waals surface area contributed by atoms with E-state index < -0.39 is 17.9 Å². The maximum atomic E-state index is 12.7. The Bertz CT molecular complexity index is 1060. The number of imide groups is 1. The van der Waals surface area contributed by atoms with Crippen LogP contribution in [0.4, 0.5) is 4.79 Å². The van der Waals surface area contributed by atoms with E-state index in [0.717, 1.165) is 4.90 Å². The number of urea groups is 1. The zero-order valence-corrected chi connectivity index (χ0v) is 16.3. The van der Waals surface area contributed by atoms with E-state index in [0.29, 0.717) is 17.1 Å². The number of furan rings is 1. The summed E-state index contributed by atoms with van der Waals surface area (Å²) in [7, 11) is 2.70. The van der Waals surface area contributed by atoms with Crippen LogP contribution in [0.2, 0.25) is 0 Å². The maximum absolute atomic E-state index is 12.7. The molecule has 0 bridgehead atoms. The number of hydrogen-bond donors (Lipinski definition) is 1. The number of benzene rings is 1. The minimum absolute atomic E-state index is 0.00397. The van der Waals surface area contributed by atoms with E-state index >= 15 is 0 Å². The van der Waals surface area contributed by atoms with Gasteiger partial charge in [0.2, 0.25) is 5.76 Å². The molecule has 1 saturated heterocycles. The quantitative estimate of drug-likeness (QED) is 0.323. The number of nitrogens with zero attached hydrogens (tertiary/aromatic N) is 1. The predicted octanol–water partition coefficient (Wildman–Crippen LogP) is 2.18. The van der Waals surface area contributed by atoms with Crippen molar-refractivity contribution in [3.8, 4) is 23.8 Å². The van der Waals surface area contributed by atoms with Crippen LogP contribution in [-0.2, 0) is 16.1 Å². The average Bonchev–Trinajstić information content (AvgIpc) is 3.32. The molecule has 0 radical (unpaired) electrons. The van der Waals surface area contributed by atoms with Crippen LogP contribution in [0.3, 0.4) is 0 Å². The molecule has 1 aromatic heterocycles. The lowest BCUT2D eigenvalue weighted by atomic mass is 10.1. The fraction of sp³-hybridized carbons (Fsp3) is 0.190. The fourth-order valence-electron chi connectivity index (χ4n) is 2.78. The number of hydrogen-bond acceptors (Lipinski definition) is 7. The molecule has 3 amide bonds. The van der Waals surface area contributed by atoms with Gasteiger partial charge in [-0.15, -0.1) is 6.42 Å². The minimum atomic E-state index is -0.656. The van der Waals surface area contributed by atoms with Crippen LogP contribution in [0, 0.1) is 12.3 Å². The molecule has 154 valence electrons. The first kappa shape index (κ1) is 20.5. The second-order valence-electron chi connectivity index (χ2n) is 6.01. The fourth-order valence-corrected chi connectivity index (χ4v) is 2.78. The lowest BCUT2D eigenvalue weighted by molar-refractivity contribution is -0.123. The highest BCUT2D eigenvalue weighted by Crippen LogP contribution is 2.33. The maximum Gasteiger partial charge on any atom is 0.373 e. The Kier molecular flexibility index (Phi) is 6.08. The van der Waals surface area contributed by atoms with Crippen molar-refractivity contribution in [1.29, 1.82) is 0 Å². The number of nitrogens with one attached hydrogen (secondary N) is 1. The third-order valence-electron chi connectivity index (χ3n) is 4.15. The molecule has 1 N–H and O–H groups in total. The minimum Gasteiger partial charge on any atom is -0.493 e. The number of carbonyl (C=O) groups is 3. The zero-order chi connectivity index (χ0) is 21.7. The molecule has 2 heterocycles. The van der Waals surface area contributed by atoms with Gasteiger partial charge in [0.25, 0.3) is 5.91 Å². The highest BCUT2D eigenvalue weighted by Gasteiger charge is 2.34. The second-order valence-corrected chi connectivity index (χ2v) is 6.01. The Morgan fingerprint density at radius 3 is 2.77 bits per heavy atom. The number of amides is 3. The Morgan fingerprint density at radius 2 is 2.07 bits per heavy atom. The first-order chi connectivity index (χ1) is 14.5. The lowest BCUT2D eigenvalue weighted by Crippen LogP contribution is -2.30. The topological polar surface area (TPSA) is 107 Å². The highest BCUT2D eigenvalue weighted by molar-refractivity contribution is 6.14. The third-order valence-corrected chi connectivity index (χ3v) is 4.15. The second kappa shape index (κ2) is 8.87. The van der Waals surface area contributed by atoms with E-state index in [1.807, 2.05) is 0 Å². The Balaban J connectivity index is 1.84. The van der Waals surface area contributed by atoms with E-state index in [-0.39, 0.29) is 30.4 Å². The summed E-state index contributed by atoms with van der Waals surface area (Å²) in [4.78, 5) is 37.5. The number of ether oxygens (including phenoxy) is 3. The van der Waals surface area contributed by atoms with Crippen LogP contribution >= 0.6 is 0 Å². The van der Waals surface area contributed by atoms with Gasteiger partial charge in [-0.3, -0.25) is 9.69 Å². The molecule has 3 rings (SSSR count). The molecule has 0 saturated carbocycles. The van der Waals surface area contributed by atoms with E-state index in [1.54, 1.807) is 18.2 Å². The molecule has 1 aliphatic rings. The zero-order valence-electron chi connectivity index (χ0n) is 16.3. The Hall–Kier alpha value is -4.19. The summed E-state index contributed by atoms with van der Waals surface area (Å²) in [5.74, 6) is 2.14. The van der Waals surface area contributed by atoms with Crippen molar-refractivity contribution >= 4 is 24.0 Å². The van der Waals surface area contributed by atoms with Gasteiger partial charge >= 0.3 is 12.0 Å². The van der Waals surface area contributed by atoms with Crippen LogP contribution in [0.25, 0.3) is 6.08 Å². The van der Waals surface area contributed by atoms with Crippen molar-refractivity contribution in [1.82, 2.24) is 10.2 Å². The molecular formula is C21H18N2O7. The van der Waals surface area contributed by atoms with Crippen LogP contribution < -0.4 is 14.8 Å². The first-order valence-corrected chi connectivity index (χ1v) is 8.73. The van der Waals surface area contributed by atoms with Gasteiger partial charge in [-0.25, -0.2) is 9.59 Å². The SMILES string of the molecule is C#CCOc1c(C=C2NC(=O)N(Cc3ccc(C(=O)OC)o3)C2=O)cccc1OC. The van der Waals surface area contributed by atoms with Crippen molar-refractivity contribution in [3.05, 3.63) is 53.1 Å². The number of methoxy groups -OCH3 is 2. The summed E-state index contributed by atoms with van der Waals surface area (Å²) >= 11 is 0. The molecule has 0 aliphatic carbocycles. The van der Waals surface area contributed by atoms with Gasteiger partial charge in [0.05, 0.1) is 20.8 Å². The molecule has 1 aliphatic heterocycles. The molecule has 1 fully saturated rings. The average molecular weight is 410 g/mol. The summed E-state index contributed by atoms with van der Waals surface area (Å²) in [6.45, 7) is -0.151.